The van der Waals surface area contributed by atoms with Crippen LogP contribution in [0.4, 0.5) is 5.69 Å². The van der Waals surface area contributed by atoms with Gasteiger partial charge in [0.1, 0.15) is 0 Å². The van der Waals surface area contributed by atoms with Crippen LogP contribution in [0.1, 0.15) is 43.6 Å². The minimum atomic E-state index is -0.522. The van der Waals surface area contributed by atoms with Gasteiger partial charge in [0, 0.05) is 5.02 Å². The van der Waals surface area contributed by atoms with Crippen molar-refractivity contribution in [1.29, 1.82) is 0 Å². The van der Waals surface area contributed by atoms with E-state index in [1.165, 1.54) is 13.2 Å². The number of nitrogens with zero attached hydrogens (tertiary/aromatic N) is 1. The summed E-state index contributed by atoms with van der Waals surface area (Å²) < 4.78 is 5.49. The molecule has 1 N–H and O–H groups in total. The average molecular weight is 356 g/mol. The molecule has 0 aromatic heterocycles. The van der Waals surface area contributed by atoms with Crippen molar-refractivity contribution in [2.75, 3.05) is 32.1 Å². The Balaban J connectivity index is 3.21. The van der Waals surface area contributed by atoms with Crippen LogP contribution in [0, 0.1) is 6.92 Å². The zero-order valence-electron chi connectivity index (χ0n) is 15.4. The third-order valence-corrected chi connectivity index (χ3v) is 5.26. The summed E-state index contributed by atoms with van der Waals surface area (Å²) in [5.41, 5.74) is 1.46. The molecule has 0 saturated carbocycles. The summed E-state index contributed by atoms with van der Waals surface area (Å²) in [5.74, 6) is -0.637. The van der Waals surface area contributed by atoms with Crippen LogP contribution in [-0.2, 0) is 9.53 Å². The van der Waals surface area contributed by atoms with Crippen molar-refractivity contribution in [2.24, 2.45) is 0 Å². The Morgan fingerprint density at radius 1 is 1.21 bits per heavy atom. The Labute approximate surface area is 149 Å². The van der Waals surface area contributed by atoms with Crippen molar-refractivity contribution in [3.8, 4) is 0 Å². The number of carbonyl (C=O) groups is 2. The molecule has 0 saturated heterocycles. The van der Waals surface area contributed by atoms with E-state index in [9.17, 15) is 9.59 Å². The van der Waals surface area contributed by atoms with E-state index in [1.807, 2.05) is 6.92 Å². The molecular formula is C18H28ClN2O3+. The standard InChI is InChI=1S/C18H27ClN2O3/c1-7-21(8-2,9-3)13(5)17(22)20-16-12(4)10-14(19)11-15(16)18(23)24-6/h10-11,13H,7-9H2,1-6H3/p+1. The lowest BCUT2D eigenvalue weighted by molar-refractivity contribution is -0.936. The van der Waals surface area contributed by atoms with Gasteiger partial charge in [0.05, 0.1) is 38.0 Å². The fraction of sp³-hybridized carbons (Fsp3) is 0.556. The van der Waals surface area contributed by atoms with E-state index >= 15 is 0 Å². The fourth-order valence-electron chi connectivity index (χ4n) is 3.15. The maximum Gasteiger partial charge on any atom is 0.340 e. The van der Waals surface area contributed by atoms with Crippen LogP contribution in [0.3, 0.4) is 0 Å². The highest BCUT2D eigenvalue weighted by molar-refractivity contribution is 6.31. The smallest absolute Gasteiger partial charge is 0.340 e. The Bertz CT molecular complexity index is 604. The molecule has 5 nitrogen and oxygen atoms in total. The number of hydrogen-bond acceptors (Lipinski definition) is 3. The number of ether oxygens (including phenoxy) is 1. The van der Waals surface area contributed by atoms with Crippen molar-refractivity contribution in [2.45, 2.75) is 40.7 Å². The molecule has 0 aliphatic rings. The molecule has 1 rings (SSSR count). The van der Waals surface area contributed by atoms with Gasteiger partial charge in [-0.25, -0.2) is 4.79 Å². The van der Waals surface area contributed by atoms with Crippen LogP contribution < -0.4 is 5.32 Å². The molecule has 0 radical (unpaired) electrons. The van der Waals surface area contributed by atoms with Gasteiger partial charge < -0.3 is 14.5 Å². The minimum absolute atomic E-state index is 0.115. The number of halogens is 1. The van der Waals surface area contributed by atoms with E-state index in [4.69, 9.17) is 16.3 Å². The second kappa shape index (κ2) is 8.49. The number of amides is 1. The first-order valence-corrected chi connectivity index (χ1v) is 8.69. The van der Waals surface area contributed by atoms with Crippen LogP contribution in [-0.4, -0.2) is 49.1 Å². The summed E-state index contributed by atoms with van der Waals surface area (Å²) in [5, 5.41) is 3.35. The van der Waals surface area contributed by atoms with E-state index < -0.39 is 5.97 Å². The second-order valence-electron chi connectivity index (χ2n) is 5.97. The zero-order chi connectivity index (χ0) is 18.5. The average Bonchev–Trinajstić information content (AvgIpc) is 2.57. The number of methoxy groups -OCH3 is 1. The molecule has 1 aromatic carbocycles. The van der Waals surface area contributed by atoms with Gasteiger partial charge in [0.15, 0.2) is 6.04 Å². The third-order valence-electron chi connectivity index (χ3n) is 5.04. The van der Waals surface area contributed by atoms with Gasteiger partial charge in [-0.3, -0.25) is 4.79 Å². The van der Waals surface area contributed by atoms with Crippen LogP contribution in [0.15, 0.2) is 12.1 Å². The van der Waals surface area contributed by atoms with E-state index in [-0.39, 0.29) is 17.5 Å². The molecule has 1 amide bonds. The van der Waals surface area contributed by atoms with Crippen molar-refractivity contribution in [3.05, 3.63) is 28.3 Å². The van der Waals surface area contributed by atoms with E-state index in [0.29, 0.717) is 15.2 Å². The summed E-state index contributed by atoms with van der Waals surface area (Å²) in [7, 11) is 1.31. The van der Waals surface area contributed by atoms with E-state index in [1.54, 1.807) is 13.0 Å². The van der Waals surface area contributed by atoms with E-state index in [0.717, 1.165) is 25.2 Å². The molecule has 0 spiro atoms. The van der Waals surface area contributed by atoms with Gasteiger partial charge in [0.25, 0.3) is 5.91 Å². The molecule has 1 aromatic rings. The molecule has 1 atom stereocenters. The summed E-state index contributed by atoms with van der Waals surface area (Å²) in [6.45, 7) is 12.6. The molecule has 0 heterocycles. The Morgan fingerprint density at radius 3 is 2.21 bits per heavy atom. The predicted octanol–water partition coefficient (Wildman–Crippen LogP) is 3.64. The Morgan fingerprint density at radius 2 is 1.75 bits per heavy atom. The number of nitrogens with one attached hydrogen (secondary N) is 1. The Hall–Kier alpha value is -1.59. The normalized spacial score (nSPS) is 12.6. The summed E-state index contributed by atoms with van der Waals surface area (Å²) in [4.78, 5) is 24.8. The second-order valence-corrected chi connectivity index (χ2v) is 6.41. The molecule has 6 heteroatoms. The number of benzene rings is 1. The van der Waals surface area contributed by atoms with Crippen LogP contribution >= 0.6 is 11.6 Å². The van der Waals surface area contributed by atoms with Gasteiger partial charge in [-0.2, -0.15) is 0 Å². The monoisotopic (exact) mass is 355 g/mol. The quantitative estimate of drug-likeness (QED) is 0.600. The van der Waals surface area contributed by atoms with Crippen LogP contribution in [0.5, 0.6) is 0 Å². The van der Waals surface area contributed by atoms with Crippen molar-refractivity contribution in [3.63, 3.8) is 0 Å². The van der Waals surface area contributed by atoms with Gasteiger partial charge >= 0.3 is 5.97 Å². The molecule has 134 valence electrons. The number of quaternary nitrogens is 1. The zero-order valence-corrected chi connectivity index (χ0v) is 16.2. The van der Waals surface area contributed by atoms with Crippen molar-refractivity contribution >= 4 is 29.2 Å². The lowest BCUT2D eigenvalue weighted by Gasteiger charge is -2.40. The first-order chi connectivity index (χ1) is 11.3. The van der Waals surface area contributed by atoms with E-state index in [2.05, 4.69) is 26.1 Å². The lowest BCUT2D eigenvalue weighted by atomic mass is 10.1. The summed E-state index contributed by atoms with van der Waals surface area (Å²) >= 11 is 6.04. The number of anilines is 1. The molecule has 0 bridgehead atoms. The molecule has 0 fully saturated rings. The van der Waals surface area contributed by atoms with Crippen LogP contribution in [0.25, 0.3) is 0 Å². The highest BCUT2D eigenvalue weighted by atomic mass is 35.5. The number of aryl methyl sites for hydroxylation is 1. The number of rotatable bonds is 7. The third kappa shape index (κ3) is 4.08. The summed E-state index contributed by atoms with van der Waals surface area (Å²) in [6.07, 6.45) is 0. The lowest BCUT2D eigenvalue weighted by Crippen LogP contribution is -2.58. The first-order valence-electron chi connectivity index (χ1n) is 8.31. The highest BCUT2D eigenvalue weighted by Crippen LogP contribution is 2.27. The topological polar surface area (TPSA) is 55.4 Å². The summed E-state index contributed by atoms with van der Waals surface area (Å²) in [6, 6.07) is 3.00. The maximum absolute atomic E-state index is 12.8. The fourth-order valence-corrected chi connectivity index (χ4v) is 3.42. The molecule has 0 aliphatic carbocycles. The molecular weight excluding hydrogens is 328 g/mol. The molecule has 0 aliphatic heterocycles. The highest BCUT2D eigenvalue weighted by Gasteiger charge is 2.35. The number of hydrogen-bond donors (Lipinski definition) is 1. The largest absolute Gasteiger partial charge is 0.465 e. The first kappa shape index (κ1) is 20.5. The van der Waals surface area contributed by atoms with Gasteiger partial charge in [-0.15, -0.1) is 0 Å². The van der Waals surface area contributed by atoms with Gasteiger partial charge in [-0.05, 0) is 52.3 Å². The Kier molecular flexibility index (Phi) is 7.24. The number of likely N-dealkylation sites (N-methyl/N-ethyl adjacent to an activating group) is 1. The predicted molar refractivity (Wildman–Crippen MR) is 97.5 cm³/mol. The number of carbonyl (C=O) groups excluding carboxylic acids is 2. The molecule has 1 unspecified atom stereocenters. The van der Waals surface area contributed by atoms with Crippen LogP contribution in [0.2, 0.25) is 5.02 Å². The van der Waals surface area contributed by atoms with Crippen molar-refractivity contribution in [1.82, 2.24) is 0 Å². The van der Waals surface area contributed by atoms with Gasteiger partial charge in [0.2, 0.25) is 0 Å². The number of esters is 1. The SMILES string of the molecule is CC[N+](CC)(CC)C(C)C(=O)Nc1c(C)cc(Cl)cc1C(=O)OC. The van der Waals surface area contributed by atoms with Crippen molar-refractivity contribution < 1.29 is 18.8 Å². The molecule has 24 heavy (non-hydrogen) atoms. The van der Waals surface area contributed by atoms with Gasteiger partial charge in [-0.1, -0.05) is 11.6 Å². The maximum atomic E-state index is 12.8. The minimum Gasteiger partial charge on any atom is -0.465 e.